The van der Waals surface area contributed by atoms with Gasteiger partial charge in [0.2, 0.25) is 5.91 Å². The summed E-state index contributed by atoms with van der Waals surface area (Å²) < 4.78 is 16.0. The molecule has 3 rings (SSSR count). The van der Waals surface area contributed by atoms with Gasteiger partial charge in [-0.3, -0.25) is 4.79 Å². The highest BCUT2D eigenvalue weighted by Crippen LogP contribution is 2.22. The first-order valence-electron chi connectivity index (χ1n) is 9.03. The molecule has 0 atom stereocenters. The minimum absolute atomic E-state index is 0.184. The molecule has 0 spiro atoms. The number of thioether (sulfide) groups is 1. The quantitative estimate of drug-likeness (QED) is 0.410. The summed E-state index contributed by atoms with van der Waals surface area (Å²) in [5.41, 5.74) is 6.65. The number of halogens is 2. The molecule has 0 aliphatic carbocycles. The molecule has 1 aromatic heterocycles. The Kier molecular flexibility index (Phi) is 7.12. The molecule has 29 heavy (non-hydrogen) atoms. The second kappa shape index (κ2) is 9.76. The number of hydrazone groups is 1. The lowest BCUT2D eigenvalue weighted by molar-refractivity contribution is -0.118. The number of amides is 1. The summed E-state index contributed by atoms with van der Waals surface area (Å²) in [6.45, 7) is 3.80. The third kappa shape index (κ3) is 5.49. The summed E-state index contributed by atoms with van der Waals surface area (Å²) in [6, 6.07) is 16.1. The van der Waals surface area contributed by atoms with Crippen LogP contribution in [-0.2, 0) is 10.5 Å². The number of carbonyl (C=O) groups excluding carboxylic acids is 1. The lowest BCUT2D eigenvalue weighted by Gasteiger charge is -2.10. The van der Waals surface area contributed by atoms with Crippen molar-refractivity contribution in [2.75, 3.05) is 5.75 Å². The molecule has 0 fully saturated rings. The summed E-state index contributed by atoms with van der Waals surface area (Å²) >= 11 is 7.44. The number of nitrogens with zero attached hydrogens (tertiary/aromatic N) is 2. The van der Waals surface area contributed by atoms with Gasteiger partial charge in [0.1, 0.15) is 5.82 Å². The fraction of sp³-hybridized carbons (Fsp3) is 0.182. The molecular weight excluding hydrogens is 409 g/mol. The van der Waals surface area contributed by atoms with Crippen LogP contribution in [0, 0.1) is 19.7 Å². The molecule has 0 unspecified atom stereocenters. The van der Waals surface area contributed by atoms with Crippen LogP contribution in [0.2, 0.25) is 5.02 Å². The number of para-hydroxylation sites is 1. The van der Waals surface area contributed by atoms with Crippen LogP contribution in [0.25, 0.3) is 5.69 Å². The zero-order valence-electron chi connectivity index (χ0n) is 16.2. The number of aryl methyl sites for hydroxylation is 1. The van der Waals surface area contributed by atoms with E-state index in [1.54, 1.807) is 24.4 Å². The van der Waals surface area contributed by atoms with E-state index in [9.17, 15) is 9.18 Å². The molecule has 3 aromatic rings. The number of nitrogens with one attached hydrogen (secondary N) is 1. The summed E-state index contributed by atoms with van der Waals surface area (Å²) in [5, 5.41) is 4.73. The Morgan fingerprint density at radius 1 is 1.21 bits per heavy atom. The lowest BCUT2D eigenvalue weighted by Crippen LogP contribution is -2.19. The van der Waals surface area contributed by atoms with Gasteiger partial charge in [0.15, 0.2) is 0 Å². The van der Waals surface area contributed by atoms with Crippen molar-refractivity contribution in [1.29, 1.82) is 0 Å². The van der Waals surface area contributed by atoms with Crippen LogP contribution in [0.1, 0.15) is 22.5 Å². The van der Waals surface area contributed by atoms with Gasteiger partial charge in [-0.1, -0.05) is 35.9 Å². The van der Waals surface area contributed by atoms with Gasteiger partial charge in [0.25, 0.3) is 0 Å². The first kappa shape index (κ1) is 21.1. The van der Waals surface area contributed by atoms with Crippen molar-refractivity contribution >= 4 is 35.5 Å². The predicted octanol–water partition coefficient (Wildman–Crippen LogP) is 5.27. The van der Waals surface area contributed by atoms with Crippen molar-refractivity contribution in [3.05, 3.63) is 88.0 Å². The summed E-state index contributed by atoms with van der Waals surface area (Å²) in [4.78, 5) is 12.0. The van der Waals surface area contributed by atoms with E-state index in [4.69, 9.17) is 11.6 Å². The molecule has 1 N–H and O–H groups in total. The van der Waals surface area contributed by atoms with Crippen LogP contribution in [0.5, 0.6) is 0 Å². The SMILES string of the molecule is Cc1cc(/C=N/NC(=O)CSCc2cccc(Cl)c2)c(C)n1-c1ccccc1F. The first-order valence-corrected chi connectivity index (χ1v) is 10.6. The van der Waals surface area contributed by atoms with E-state index < -0.39 is 0 Å². The Balaban J connectivity index is 1.57. The van der Waals surface area contributed by atoms with Crippen LogP contribution in [-0.4, -0.2) is 22.4 Å². The molecule has 0 saturated carbocycles. The van der Waals surface area contributed by atoms with Gasteiger partial charge >= 0.3 is 0 Å². The van der Waals surface area contributed by atoms with E-state index in [0.717, 1.165) is 22.5 Å². The maximum Gasteiger partial charge on any atom is 0.250 e. The van der Waals surface area contributed by atoms with Gasteiger partial charge in [-0.2, -0.15) is 5.10 Å². The van der Waals surface area contributed by atoms with Crippen molar-refractivity contribution in [2.45, 2.75) is 19.6 Å². The van der Waals surface area contributed by atoms with Crippen LogP contribution in [0.15, 0.2) is 59.7 Å². The van der Waals surface area contributed by atoms with Crippen molar-refractivity contribution in [1.82, 2.24) is 9.99 Å². The maximum atomic E-state index is 14.1. The predicted molar refractivity (Wildman–Crippen MR) is 119 cm³/mol. The average Bonchev–Trinajstić information content (AvgIpc) is 2.96. The van der Waals surface area contributed by atoms with E-state index in [0.29, 0.717) is 16.5 Å². The van der Waals surface area contributed by atoms with Crippen LogP contribution >= 0.6 is 23.4 Å². The number of rotatable bonds is 7. The van der Waals surface area contributed by atoms with E-state index in [1.165, 1.54) is 17.8 Å². The molecule has 7 heteroatoms. The highest BCUT2D eigenvalue weighted by Gasteiger charge is 2.12. The van der Waals surface area contributed by atoms with Gasteiger partial charge in [-0.05, 0) is 49.7 Å². The maximum absolute atomic E-state index is 14.1. The third-order valence-corrected chi connectivity index (χ3v) is 5.59. The van der Waals surface area contributed by atoms with Gasteiger partial charge in [-0.25, -0.2) is 9.82 Å². The van der Waals surface area contributed by atoms with Crippen LogP contribution in [0.3, 0.4) is 0 Å². The molecule has 1 amide bonds. The van der Waals surface area contributed by atoms with Gasteiger partial charge in [0.05, 0.1) is 17.7 Å². The third-order valence-electron chi connectivity index (χ3n) is 4.35. The van der Waals surface area contributed by atoms with Gasteiger partial charge in [-0.15, -0.1) is 11.8 Å². The average molecular weight is 430 g/mol. The molecule has 0 bridgehead atoms. The molecule has 4 nitrogen and oxygen atoms in total. The zero-order valence-corrected chi connectivity index (χ0v) is 17.7. The number of hydrogen-bond donors (Lipinski definition) is 1. The zero-order chi connectivity index (χ0) is 20.8. The largest absolute Gasteiger partial charge is 0.315 e. The smallest absolute Gasteiger partial charge is 0.250 e. The molecule has 0 saturated heterocycles. The molecule has 0 radical (unpaired) electrons. The highest BCUT2D eigenvalue weighted by atomic mass is 35.5. The molecule has 1 heterocycles. The standard InChI is InChI=1S/C22H21ClFN3OS/c1-15-10-18(16(2)27(15)21-9-4-3-8-20(21)24)12-25-26-22(28)14-29-13-17-6-5-7-19(23)11-17/h3-12H,13-14H2,1-2H3,(H,26,28)/b25-12+. The van der Waals surface area contributed by atoms with Crippen LogP contribution in [0.4, 0.5) is 4.39 Å². The fourth-order valence-corrected chi connectivity index (χ4v) is 4.00. The van der Waals surface area contributed by atoms with Crippen molar-refractivity contribution in [3.8, 4) is 5.69 Å². The van der Waals surface area contributed by atoms with Crippen molar-refractivity contribution in [3.63, 3.8) is 0 Å². The molecular formula is C22H21ClFN3OS. The fourth-order valence-electron chi connectivity index (χ4n) is 3.02. The van der Waals surface area contributed by atoms with Crippen LogP contribution < -0.4 is 5.43 Å². The molecule has 150 valence electrons. The second-order valence-corrected chi connectivity index (χ2v) is 7.95. The normalized spacial score (nSPS) is 11.2. The van der Waals surface area contributed by atoms with E-state index in [1.807, 2.05) is 48.7 Å². The highest BCUT2D eigenvalue weighted by molar-refractivity contribution is 7.99. The first-order chi connectivity index (χ1) is 14.0. The molecule has 2 aromatic carbocycles. The number of aromatic nitrogens is 1. The monoisotopic (exact) mass is 429 g/mol. The van der Waals surface area contributed by atoms with E-state index >= 15 is 0 Å². The van der Waals surface area contributed by atoms with Crippen molar-refractivity contribution < 1.29 is 9.18 Å². The number of hydrogen-bond acceptors (Lipinski definition) is 3. The second-order valence-electron chi connectivity index (χ2n) is 6.53. The van der Waals surface area contributed by atoms with E-state index in [-0.39, 0.29) is 17.5 Å². The summed E-state index contributed by atoms with van der Waals surface area (Å²) in [6.07, 6.45) is 1.58. The minimum Gasteiger partial charge on any atom is -0.315 e. The van der Waals surface area contributed by atoms with E-state index in [2.05, 4.69) is 10.5 Å². The lowest BCUT2D eigenvalue weighted by atomic mass is 10.2. The Morgan fingerprint density at radius 2 is 2.00 bits per heavy atom. The Bertz CT molecular complexity index is 1050. The topological polar surface area (TPSA) is 46.4 Å². The Labute approximate surface area is 178 Å². The van der Waals surface area contributed by atoms with Gasteiger partial charge < -0.3 is 4.57 Å². The minimum atomic E-state index is -0.289. The van der Waals surface area contributed by atoms with Crippen molar-refractivity contribution in [2.24, 2.45) is 5.10 Å². The number of carbonyl (C=O) groups is 1. The Hall–Kier alpha value is -2.57. The summed E-state index contributed by atoms with van der Waals surface area (Å²) in [5.74, 6) is 0.513. The molecule has 0 aliphatic rings. The summed E-state index contributed by atoms with van der Waals surface area (Å²) in [7, 11) is 0. The molecule has 0 aliphatic heterocycles. The van der Waals surface area contributed by atoms with Gasteiger partial charge in [0, 0.05) is 27.7 Å². The Morgan fingerprint density at radius 3 is 2.76 bits per heavy atom. The number of benzene rings is 2.